The predicted octanol–water partition coefficient (Wildman–Crippen LogP) is 4.35. The summed E-state index contributed by atoms with van der Waals surface area (Å²) >= 11 is 0. The first-order valence-corrected chi connectivity index (χ1v) is 9.51. The summed E-state index contributed by atoms with van der Waals surface area (Å²) in [5.74, 6) is 1.34. The molecule has 2 aromatic rings. The van der Waals surface area contributed by atoms with Gasteiger partial charge in [0.2, 0.25) is 0 Å². The van der Waals surface area contributed by atoms with E-state index in [0.29, 0.717) is 12.4 Å². The predicted molar refractivity (Wildman–Crippen MR) is 99.6 cm³/mol. The van der Waals surface area contributed by atoms with Crippen molar-refractivity contribution in [2.75, 3.05) is 13.7 Å². The quantitative estimate of drug-likeness (QED) is 0.689. The minimum absolute atomic E-state index is 0.0194. The van der Waals surface area contributed by atoms with Gasteiger partial charge in [-0.05, 0) is 43.5 Å². The minimum Gasteiger partial charge on any atom is -0.497 e. The van der Waals surface area contributed by atoms with Gasteiger partial charge in [-0.25, -0.2) is 0 Å². The number of unbranched alkanes of at least 4 members (excludes halogenated alkanes) is 1. The molecule has 0 amide bonds. The summed E-state index contributed by atoms with van der Waals surface area (Å²) in [6.45, 7) is 2.66. The van der Waals surface area contributed by atoms with Gasteiger partial charge in [0.1, 0.15) is 5.75 Å². The maximum absolute atomic E-state index is 13.0. The van der Waals surface area contributed by atoms with E-state index in [0.717, 1.165) is 49.8 Å². The van der Waals surface area contributed by atoms with Crippen LogP contribution in [0.2, 0.25) is 0 Å². The fourth-order valence-corrected chi connectivity index (χ4v) is 3.27. The van der Waals surface area contributed by atoms with Crippen molar-refractivity contribution in [2.45, 2.75) is 51.9 Å². The maximum Gasteiger partial charge on any atom is 0.336 e. The molecule has 1 fully saturated rings. The monoisotopic (exact) mass is 357 g/mol. The Labute approximate surface area is 154 Å². The first-order chi connectivity index (χ1) is 12.7. The summed E-state index contributed by atoms with van der Waals surface area (Å²) in [5, 5.41) is 4.38. The summed E-state index contributed by atoms with van der Waals surface area (Å²) in [6.07, 6.45) is 7.22. The second-order valence-corrected chi connectivity index (χ2v) is 6.73. The molecule has 0 atom stereocenters. The summed E-state index contributed by atoms with van der Waals surface area (Å²) in [6, 6.07) is 7.77. The van der Waals surface area contributed by atoms with Gasteiger partial charge in [0.25, 0.3) is 5.91 Å². The lowest BCUT2D eigenvalue weighted by Crippen LogP contribution is -2.25. The van der Waals surface area contributed by atoms with Crippen LogP contribution in [0.1, 0.15) is 56.7 Å². The van der Waals surface area contributed by atoms with Crippen molar-refractivity contribution in [3.8, 4) is 23.1 Å². The highest BCUT2D eigenvalue weighted by molar-refractivity contribution is 5.84. The van der Waals surface area contributed by atoms with Crippen LogP contribution < -0.4 is 9.47 Å². The van der Waals surface area contributed by atoms with Crippen LogP contribution in [0.5, 0.6) is 11.8 Å². The van der Waals surface area contributed by atoms with Crippen LogP contribution in [0.25, 0.3) is 11.4 Å². The average molecular weight is 357 g/mol. The second kappa shape index (κ2) is 8.83. The Balaban J connectivity index is 1.89. The number of carbonyl (C=O) groups is 1. The van der Waals surface area contributed by atoms with Crippen LogP contribution in [0.3, 0.4) is 0 Å². The molecule has 0 radical (unpaired) electrons. The highest BCUT2D eigenvalue weighted by Gasteiger charge is 2.27. The fourth-order valence-electron chi connectivity index (χ4n) is 3.27. The number of aromatic nitrogens is 3. The summed E-state index contributed by atoms with van der Waals surface area (Å²) in [4.78, 5) is 17.5. The van der Waals surface area contributed by atoms with Crippen LogP contribution >= 0.6 is 0 Å². The van der Waals surface area contributed by atoms with Crippen molar-refractivity contribution in [3.63, 3.8) is 0 Å². The molecule has 0 N–H and O–H groups in total. The summed E-state index contributed by atoms with van der Waals surface area (Å²) in [5.41, 5.74) is 0.827. The SMILES string of the molecule is CCCCOc1nc(-c2ccc(OC)cc2)n(C(=O)C2CCCCC2)n1. The number of methoxy groups -OCH3 is 1. The highest BCUT2D eigenvalue weighted by Crippen LogP contribution is 2.28. The molecule has 1 aromatic carbocycles. The van der Waals surface area contributed by atoms with Crippen molar-refractivity contribution >= 4 is 5.91 Å². The largest absolute Gasteiger partial charge is 0.497 e. The van der Waals surface area contributed by atoms with Crippen molar-refractivity contribution in [1.29, 1.82) is 0 Å². The van der Waals surface area contributed by atoms with Crippen molar-refractivity contribution in [3.05, 3.63) is 24.3 Å². The maximum atomic E-state index is 13.0. The van der Waals surface area contributed by atoms with E-state index in [-0.39, 0.29) is 17.8 Å². The molecule has 1 aliphatic rings. The smallest absolute Gasteiger partial charge is 0.336 e. The molecule has 1 heterocycles. The molecule has 1 saturated carbocycles. The van der Waals surface area contributed by atoms with Gasteiger partial charge < -0.3 is 9.47 Å². The molecular formula is C20H27N3O3. The Kier molecular flexibility index (Phi) is 6.26. The molecule has 0 aliphatic heterocycles. The Morgan fingerprint density at radius 2 is 1.92 bits per heavy atom. The summed E-state index contributed by atoms with van der Waals surface area (Å²) in [7, 11) is 1.63. The van der Waals surface area contributed by atoms with Crippen LogP contribution in [-0.4, -0.2) is 34.4 Å². The van der Waals surface area contributed by atoms with E-state index in [1.807, 2.05) is 24.3 Å². The normalized spacial score (nSPS) is 15.0. The average Bonchev–Trinajstić information content (AvgIpc) is 3.12. The van der Waals surface area contributed by atoms with E-state index in [1.165, 1.54) is 11.1 Å². The van der Waals surface area contributed by atoms with Gasteiger partial charge in [0.15, 0.2) is 5.82 Å². The van der Waals surface area contributed by atoms with E-state index < -0.39 is 0 Å². The lowest BCUT2D eigenvalue weighted by atomic mass is 9.88. The van der Waals surface area contributed by atoms with Crippen molar-refractivity contribution in [2.24, 2.45) is 5.92 Å². The van der Waals surface area contributed by atoms with Crippen molar-refractivity contribution < 1.29 is 14.3 Å². The van der Waals surface area contributed by atoms with E-state index >= 15 is 0 Å². The zero-order chi connectivity index (χ0) is 18.4. The van der Waals surface area contributed by atoms with Crippen molar-refractivity contribution in [1.82, 2.24) is 14.8 Å². The van der Waals surface area contributed by atoms with E-state index in [1.54, 1.807) is 7.11 Å². The molecule has 1 aromatic heterocycles. The van der Waals surface area contributed by atoms with Gasteiger partial charge in [-0.15, -0.1) is 5.10 Å². The lowest BCUT2D eigenvalue weighted by Gasteiger charge is -2.20. The number of carbonyl (C=O) groups excluding carboxylic acids is 1. The number of nitrogens with zero attached hydrogens (tertiary/aromatic N) is 3. The zero-order valence-corrected chi connectivity index (χ0v) is 15.6. The van der Waals surface area contributed by atoms with Crippen LogP contribution in [0.4, 0.5) is 0 Å². The first kappa shape index (κ1) is 18.4. The number of benzene rings is 1. The number of ether oxygens (including phenoxy) is 2. The molecule has 0 spiro atoms. The molecule has 6 heteroatoms. The van der Waals surface area contributed by atoms with Crippen LogP contribution in [0.15, 0.2) is 24.3 Å². The van der Waals surface area contributed by atoms with Crippen LogP contribution in [0, 0.1) is 5.92 Å². The van der Waals surface area contributed by atoms with Gasteiger partial charge in [-0.1, -0.05) is 32.6 Å². The molecule has 0 saturated heterocycles. The first-order valence-electron chi connectivity index (χ1n) is 9.51. The minimum atomic E-state index is 0.0194. The molecule has 0 bridgehead atoms. The molecule has 140 valence electrons. The zero-order valence-electron chi connectivity index (χ0n) is 15.6. The second-order valence-electron chi connectivity index (χ2n) is 6.73. The third-order valence-corrected chi connectivity index (χ3v) is 4.83. The van der Waals surface area contributed by atoms with Gasteiger partial charge in [-0.3, -0.25) is 4.79 Å². The third kappa shape index (κ3) is 4.23. The van der Waals surface area contributed by atoms with E-state index in [9.17, 15) is 4.79 Å². The molecule has 3 rings (SSSR count). The number of rotatable bonds is 7. The molecule has 26 heavy (non-hydrogen) atoms. The van der Waals surface area contributed by atoms with Gasteiger partial charge in [-0.2, -0.15) is 9.67 Å². The van der Waals surface area contributed by atoms with Gasteiger partial charge in [0, 0.05) is 11.5 Å². The Morgan fingerprint density at radius 3 is 2.58 bits per heavy atom. The fraction of sp³-hybridized carbons (Fsp3) is 0.550. The van der Waals surface area contributed by atoms with Gasteiger partial charge in [0.05, 0.1) is 13.7 Å². The summed E-state index contributed by atoms with van der Waals surface area (Å²) < 4.78 is 12.3. The highest BCUT2D eigenvalue weighted by atomic mass is 16.5. The molecule has 6 nitrogen and oxygen atoms in total. The number of hydrogen-bond donors (Lipinski definition) is 0. The topological polar surface area (TPSA) is 66.2 Å². The molecule has 0 unspecified atom stereocenters. The Hall–Kier alpha value is -2.37. The molecule has 1 aliphatic carbocycles. The Morgan fingerprint density at radius 1 is 1.19 bits per heavy atom. The van der Waals surface area contributed by atoms with Crippen LogP contribution in [-0.2, 0) is 0 Å². The molecular weight excluding hydrogens is 330 g/mol. The standard InChI is InChI=1S/C20H27N3O3/c1-3-4-14-26-20-21-18(15-10-12-17(25-2)13-11-15)23(22-20)19(24)16-8-6-5-7-9-16/h10-13,16H,3-9,14H2,1-2H3. The number of hydrogen-bond acceptors (Lipinski definition) is 5. The third-order valence-electron chi connectivity index (χ3n) is 4.83. The van der Waals surface area contributed by atoms with E-state index in [4.69, 9.17) is 9.47 Å². The lowest BCUT2D eigenvalue weighted by molar-refractivity contribution is 0.0784. The van der Waals surface area contributed by atoms with E-state index in [2.05, 4.69) is 17.0 Å². The Bertz CT molecular complexity index is 718. The van der Waals surface area contributed by atoms with Gasteiger partial charge >= 0.3 is 6.01 Å².